The Bertz CT molecular complexity index is 521. The van der Waals surface area contributed by atoms with Crippen molar-refractivity contribution in [3.05, 3.63) is 36.2 Å². The quantitative estimate of drug-likeness (QED) is 0.768. The summed E-state index contributed by atoms with van der Waals surface area (Å²) in [6, 6.07) is 8.19. The predicted molar refractivity (Wildman–Crippen MR) is 75.1 cm³/mol. The molecule has 0 fully saturated rings. The van der Waals surface area contributed by atoms with Gasteiger partial charge in [0.1, 0.15) is 12.0 Å². The van der Waals surface area contributed by atoms with E-state index in [1.807, 2.05) is 12.1 Å². The Hall–Kier alpha value is -2.30. The molecule has 2 rings (SSSR count). The van der Waals surface area contributed by atoms with Crippen LogP contribution in [-0.2, 0) is 6.42 Å². The summed E-state index contributed by atoms with van der Waals surface area (Å²) >= 11 is 0. The van der Waals surface area contributed by atoms with E-state index in [0.717, 1.165) is 12.1 Å². The zero-order valence-electron chi connectivity index (χ0n) is 10.6. The van der Waals surface area contributed by atoms with Crippen molar-refractivity contribution in [1.29, 1.82) is 0 Å². The lowest BCUT2D eigenvalue weighted by Gasteiger charge is -2.10. The monoisotopic (exact) mass is 243 g/mol. The summed E-state index contributed by atoms with van der Waals surface area (Å²) in [5.41, 5.74) is 8.72. The number of hydrogen-bond donors (Lipinski definition) is 3. The first-order valence-electron chi connectivity index (χ1n) is 5.88. The van der Waals surface area contributed by atoms with Gasteiger partial charge in [-0.05, 0) is 24.1 Å². The van der Waals surface area contributed by atoms with E-state index in [2.05, 4.69) is 39.7 Å². The van der Waals surface area contributed by atoms with Crippen LogP contribution in [0.25, 0.3) is 0 Å². The standard InChI is InChI=1S/C13H17N5/c1-3-9-4-6-10(7-5-9)18-13-11(14)12(15-2)16-8-17-13/h4-8H,3,14H2,1-2H3,(H2,15,16,17,18). The van der Waals surface area contributed by atoms with E-state index in [-0.39, 0.29) is 0 Å². The normalized spacial score (nSPS) is 10.1. The van der Waals surface area contributed by atoms with Crippen LogP contribution in [0, 0.1) is 0 Å². The van der Waals surface area contributed by atoms with E-state index in [9.17, 15) is 0 Å². The number of nitrogen functional groups attached to an aromatic ring is 1. The van der Waals surface area contributed by atoms with E-state index in [4.69, 9.17) is 5.73 Å². The lowest BCUT2D eigenvalue weighted by Crippen LogP contribution is -2.04. The van der Waals surface area contributed by atoms with E-state index >= 15 is 0 Å². The number of nitrogens with one attached hydrogen (secondary N) is 2. The largest absolute Gasteiger partial charge is 0.393 e. The van der Waals surface area contributed by atoms with Gasteiger partial charge >= 0.3 is 0 Å². The number of anilines is 4. The molecule has 0 unspecified atom stereocenters. The lowest BCUT2D eigenvalue weighted by molar-refractivity contribution is 1.14. The number of hydrogen-bond acceptors (Lipinski definition) is 5. The number of aromatic nitrogens is 2. The smallest absolute Gasteiger partial charge is 0.159 e. The highest BCUT2D eigenvalue weighted by molar-refractivity contribution is 5.77. The summed E-state index contributed by atoms with van der Waals surface area (Å²) in [4.78, 5) is 8.18. The number of nitrogens with two attached hydrogens (primary N) is 1. The average Bonchev–Trinajstić information content (AvgIpc) is 2.42. The van der Waals surface area contributed by atoms with Gasteiger partial charge in [0.25, 0.3) is 0 Å². The Morgan fingerprint density at radius 3 is 2.39 bits per heavy atom. The third-order valence-corrected chi connectivity index (χ3v) is 2.75. The summed E-state index contributed by atoms with van der Waals surface area (Å²) in [5, 5.41) is 6.11. The fourth-order valence-electron chi connectivity index (χ4n) is 1.65. The highest BCUT2D eigenvalue weighted by atomic mass is 15.1. The van der Waals surface area contributed by atoms with Crippen LogP contribution < -0.4 is 16.4 Å². The van der Waals surface area contributed by atoms with Crippen LogP contribution in [0.15, 0.2) is 30.6 Å². The maximum atomic E-state index is 5.95. The van der Waals surface area contributed by atoms with Crippen molar-refractivity contribution in [1.82, 2.24) is 9.97 Å². The molecule has 5 heteroatoms. The lowest BCUT2D eigenvalue weighted by atomic mass is 10.1. The maximum absolute atomic E-state index is 5.95. The molecule has 0 saturated heterocycles. The number of aryl methyl sites for hydroxylation is 1. The molecule has 0 radical (unpaired) electrons. The molecule has 1 heterocycles. The molecule has 1 aromatic carbocycles. The van der Waals surface area contributed by atoms with Gasteiger partial charge in [0.2, 0.25) is 0 Å². The molecule has 0 bridgehead atoms. The minimum absolute atomic E-state index is 0.513. The average molecular weight is 243 g/mol. The maximum Gasteiger partial charge on any atom is 0.159 e. The van der Waals surface area contributed by atoms with Gasteiger partial charge < -0.3 is 16.4 Å². The first kappa shape index (κ1) is 12.2. The third kappa shape index (κ3) is 2.51. The van der Waals surface area contributed by atoms with Crippen LogP contribution >= 0.6 is 0 Å². The number of nitrogens with zero attached hydrogens (tertiary/aromatic N) is 2. The van der Waals surface area contributed by atoms with Crippen LogP contribution in [0.3, 0.4) is 0 Å². The predicted octanol–water partition coefficient (Wildman–Crippen LogP) is 2.41. The topological polar surface area (TPSA) is 75.9 Å². The van der Waals surface area contributed by atoms with Crippen molar-refractivity contribution in [2.45, 2.75) is 13.3 Å². The Morgan fingerprint density at radius 1 is 1.11 bits per heavy atom. The molecule has 0 aliphatic heterocycles. The fourth-order valence-corrected chi connectivity index (χ4v) is 1.65. The highest BCUT2D eigenvalue weighted by Gasteiger charge is 2.06. The molecule has 0 atom stereocenters. The van der Waals surface area contributed by atoms with E-state index < -0.39 is 0 Å². The minimum atomic E-state index is 0.513. The molecule has 0 saturated carbocycles. The summed E-state index contributed by atoms with van der Waals surface area (Å²) in [5.74, 6) is 1.23. The molecular weight excluding hydrogens is 226 g/mol. The van der Waals surface area contributed by atoms with Crippen molar-refractivity contribution in [3.63, 3.8) is 0 Å². The van der Waals surface area contributed by atoms with Gasteiger partial charge in [-0.3, -0.25) is 0 Å². The Morgan fingerprint density at radius 2 is 1.78 bits per heavy atom. The number of rotatable bonds is 4. The van der Waals surface area contributed by atoms with Crippen molar-refractivity contribution < 1.29 is 0 Å². The fraction of sp³-hybridized carbons (Fsp3) is 0.231. The molecule has 5 nitrogen and oxygen atoms in total. The summed E-state index contributed by atoms with van der Waals surface area (Å²) < 4.78 is 0. The van der Waals surface area contributed by atoms with Gasteiger partial charge in [-0.2, -0.15) is 0 Å². The van der Waals surface area contributed by atoms with Crippen molar-refractivity contribution >= 4 is 23.0 Å². The Kier molecular flexibility index (Phi) is 3.62. The van der Waals surface area contributed by atoms with E-state index in [1.165, 1.54) is 11.9 Å². The molecule has 0 aliphatic rings. The van der Waals surface area contributed by atoms with Gasteiger partial charge in [-0.15, -0.1) is 0 Å². The second-order valence-corrected chi connectivity index (χ2v) is 3.91. The molecule has 0 amide bonds. The molecule has 0 aliphatic carbocycles. The SMILES string of the molecule is CCc1ccc(Nc2ncnc(NC)c2N)cc1. The van der Waals surface area contributed by atoms with Crippen LogP contribution in [-0.4, -0.2) is 17.0 Å². The van der Waals surface area contributed by atoms with Crippen LogP contribution in [0.4, 0.5) is 23.0 Å². The Labute approximate surface area is 106 Å². The van der Waals surface area contributed by atoms with Crippen molar-refractivity contribution in [3.8, 4) is 0 Å². The summed E-state index contributed by atoms with van der Waals surface area (Å²) in [6.45, 7) is 2.13. The van der Waals surface area contributed by atoms with Crippen LogP contribution in [0.5, 0.6) is 0 Å². The first-order valence-corrected chi connectivity index (χ1v) is 5.88. The van der Waals surface area contributed by atoms with Gasteiger partial charge in [-0.25, -0.2) is 9.97 Å². The Balaban J connectivity index is 2.22. The molecular formula is C13H17N5. The number of benzene rings is 1. The highest BCUT2D eigenvalue weighted by Crippen LogP contribution is 2.25. The summed E-state index contributed by atoms with van der Waals surface area (Å²) in [6.07, 6.45) is 2.50. The second kappa shape index (κ2) is 5.35. The zero-order chi connectivity index (χ0) is 13.0. The molecule has 94 valence electrons. The molecule has 0 spiro atoms. The first-order chi connectivity index (χ1) is 8.74. The van der Waals surface area contributed by atoms with Crippen LogP contribution in [0.1, 0.15) is 12.5 Å². The molecule has 18 heavy (non-hydrogen) atoms. The van der Waals surface area contributed by atoms with Crippen LogP contribution in [0.2, 0.25) is 0 Å². The molecule has 2 aromatic rings. The van der Waals surface area contributed by atoms with Crippen molar-refractivity contribution in [2.24, 2.45) is 0 Å². The van der Waals surface area contributed by atoms with Crippen molar-refractivity contribution in [2.75, 3.05) is 23.4 Å². The second-order valence-electron chi connectivity index (χ2n) is 3.91. The summed E-state index contributed by atoms with van der Waals surface area (Å²) in [7, 11) is 1.78. The van der Waals surface area contributed by atoms with Gasteiger partial charge in [0.05, 0.1) is 0 Å². The molecule has 4 N–H and O–H groups in total. The van der Waals surface area contributed by atoms with E-state index in [1.54, 1.807) is 7.05 Å². The van der Waals surface area contributed by atoms with Gasteiger partial charge in [0.15, 0.2) is 11.6 Å². The van der Waals surface area contributed by atoms with Gasteiger partial charge in [0, 0.05) is 12.7 Å². The van der Waals surface area contributed by atoms with Gasteiger partial charge in [-0.1, -0.05) is 19.1 Å². The third-order valence-electron chi connectivity index (χ3n) is 2.75. The minimum Gasteiger partial charge on any atom is -0.393 e. The van der Waals surface area contributed by atoms with E-state index in [0.29, 0.717) is 17.3 Å². The zero-order valence-corrected chi connectivity index (χ0v) is 10.6. The molecule has 1 aromatic heterocycles.